The number of hydrogen-bond acceptors (Lipinski definition) is 7. The van der Waals surface area contributed by atoms with Crippen molar-refractivity contribution >= 4 is 23.4 Å². The van der Waals surface area contributed by atoms with Gasteiger partial charge in [0.2, 0.25) is 11.1 Å². The molecule has 0 unspecified atom stereocenters. The summed E-state index contributed by atoms with van der Waals surface area (Å²) in [5.41, 5.74) is 2.46. The van der Waals surface area contributed by atoms with Crippen LogP contribution in [0.2, 0.25) is 0 Å². The van der Waals surface area contributed by atoms with E-state index in [2.05, 4.69) is 20.5 Å². The smallest absolute Gasteiger partial charge is 0.234 e. The van der Waals surface area contributed by atoms with Gasteiger partial charge in [0.05, 0.1) is 18.6 Å². The molecule has 0 saturated heterocycles. The van der Waals surface area contributed by atoms with Gasteiger partial charge in [-0.15, -0.1) is 10.2 Å². The maximum absolute atomic E-state index is 12.3. The number of pyridine rings is 1. The second-order valence-electron chi connectivity index (χ2n) is 5.45. The second-order valence-corrected chi connectivity index (χ2v) is 6.40. The number of nitrogens with one attached hydrogen (secondary N) is 1. The summed E-state index contributed by atoms with van der Waals surface area (Å²) in [6.45, 7) is 1.95. The summed E-state index contributed by atoms with van der Waals surface area (Å²) in [5.74, 6) is 7.11. The maximum atomic E-state index is 12.3. The van der Waals surface area contributed by atoms with Crippen LogP contribution in [0.4, 0.5) is 5.69 Å². The molecule has 2 heterocycles. The molecule has 3 rings (SSSR count). The number of nitrogens with zero attached hydrogens (tertiary/aromatic N) is 4. The molecule has 0 atom stereocenters. The lowest BCUT2D eigenvalue weighted by Gasteiger charge is -2.10. The third-order valence-corrected chi connectivity index (χ3v) is 4.51. The van der Waals surface area contributed by atoms with E-state index in [1.807, 2.05) is 25.1 Å². The van der Waals surface area contributed by atoms with E-state index in [0.717, 1.165) is 11.1 Å². The number of thioether (sulfide) groups is 1. The molecule has 3 N–H and O–H groups in total. The SMILES string of the molecule is COc1ccc(C)cc1NC(=O)CSc1nnc(-c2ccncc2)n1N. The van der Waals surface area contributed by atoms with Crippen LogP contribution >= 0.6 is 11.8 Å². The molecule has 1 aromatic carbocycles. The van der Waals surface area contributed by atoms with E-state index in [-0.39, 0.29) is 11.7 Å². The van der Waals surface area contributed by atoms with E-state index < -0.39 is 0 Å². The van der Waals surface area contributed by atoms with Crippen LogP contribution in [-0.2, 0) is 4.79 Å². The Morgan fingerprint density at radius 1 is 1.27 bits per heavy atom. The van der Waals surface area contributed by atoms with Gasteiger partial charge in [0.15, 0.2) is 5.82 Å². The van der Waals surface area contributed by atoms with Crippen LogP contribution in [0.25, 0.3) is 11.4 Å². The summed E-state index contributed by atoms with van der Waals surface area (Å²) in [4.78, 5) is 16.2. The van der Waals surface area contributed by atoms with Crippen molar-refractivity contribution < 1.29 is 9.53 Å². The lowest BCUT2D eigenvalue weighted by atomic mass is 10.2. The minimum absolute atomic E-state index is 0.142. The summed E-state index contributed by atoms with van der Waals surface area (Å²) in [6, 6.07) is 9.17. The highest BCUT2D eigenvalue weighted by molar-refractivity contribution is 7.99. The van der Waals surface area contributed by atoms with Crippen LogP contribution in [0.1, 0.15) is 5.56 Å². The van der Waals surface area contributed by atoms with Crippen LogP contribution in [0, 0.1) is 6.92 Å². The monoisotopic (exact) mass is 370 g/mol. The fourth-order valence-corrected chi connectivity index (χ4v) is 2.97. The Kier molecular flexibility index (Phi) is 5.37. The maximum Gasteiger partial charge on any atom is 0.234 e. The van der Waals surface area contributed by atoms with E-state index in [9.17, 15) is 4.79 Å². The van der Waals surface area contributed by atoms with E-state index in [0.29, 0.717) is 22.4 Å². The largest absolute Gasteiger partial charge is 0.495 e. The molecule has 0 radical (unpaired) electrons. The average molecular weight is 370 g/mol. The zero-order valence-corrected chi connectivity index (χ0v) is 15.2. The molecule has 9 heteroatoms. The first-order valence-corrected chi connectivity index (χ1v) is 8.75. The fraction of sp³-hybridized carbons (Fsp3) is 0.176. The molecule has 1 amide bonds. The summed E-state index contributed by atoms with van der Waals surface area (Å²) >= 11 is 1.20. The number of ether oxygens (including phenoxy) is 1. The van der Waals surface area contributed by atoms with E-state index in [1.54, 1.807) is 31.6 Å². The molecule has 0 spiro atoms. The number of carbonyl (C=O) groups excluding carboxylic acids is 1. The normalized spacial score (nSPS) is 10.5. The number of amides is 1. The van der Waals surface area contributed by atoms with Crippen molar-refractivity contribution in [3.05, 3.63) is 48.3 Å². The molecule has 0 fully saturated rings. The second kappa shape index (κ2) is 7.87. The highest BCUT2D eigenvalue weighted by atomic mass is 32.2. The minimum Gasteiger partial charge on any atom is -0.495 e. The summed E-state index contributed by atoms with van der Waals surface area (Å²) in [6.07, 6.45) is 3.30. The van der Waals surface area contributed by atoms with Gasteiger partial charge >= 0.3 is 0 Å². The van der Waals surface area contributed by atoms with Crippen LogP contribution < -0.4 is 15.9 Å². The van der Waals surface area contributed by atoms with Gasteiger partial charge in [0.25, 0.3) is 0 Å². The molecule has 3 aromatic rings. The molecule has 0 aliphatic rings. The first-order valence-electron chi connectivity index (χ1n) is 7.76. The highest BCUT2D eigenvalue weighted by Crippen LogP contribution is 2.26. The number of nitrogens with two attached hydrogens (primary N) is 1. The summed E-state index contributed by atoms with van der Waals surface area (Å²) < 4.78 is 6.62. The van der Waals surface area contributed by atoms with Crippen LogP contribution in [0.5, 0.6) is 5.75 Å². The van der Waals surface area contributed by atoms with Crippen molar-refractivity contribution in [3.63, 3.8) is 0 Å². The molecular weight excluding hydrogens is 352 g/mol. The standard InChI is InChI=1S/C17H18N6O2S/c1-11-3-4-14(25-2)13(9-11)20-15(24)10-26-17-22-21-16(23(17)18)12-5-7-19-8-6-12/h3-9H,10,18H2,1-2H3,(H,20,24). The summed E-state index contributed by atoms with van der Waals surface area (Å²) in [5, 5.41) is 11.4. The van der Waals surface area contributed by atoms with Crippen molar-refractivity contribution in [1.29, 1.82) is 0 Å². The van der Waals surface area contributed by atoms with Crippen LogP contribution in [-0.4, -0.2) is 38.6 Å². The zero-order valence-electron chi connectivity index (χ0n) is 14.3. The van der Waals surface area contributed by atoms with Gasteiger partial charge in [-0.25, -0.2) is 4.68 Å². The number of benzene rings is 1. The van der Waals surface area contributed by atoms with Gasteiger partial charge in [-0.1, -0.05) is 17.8 Å². The Morgan fingerprint density at radius 2 is 2.04 bits per heavy atom. The number of carbonyl (C=O) groups is 1. The predicted octanol–water partition coefficient (Wildman–Crippen LogP) is 2.10. The number of hydrogen-bond donors (Lipinski definition) is 2. The van der Waals surface area contributed by atoms with Crippen molar-refractivity contribution in [1.82, 2.24) is 19.9 Å². The Balaban J connectivity index is 1.66. The highest BCUT2D eigenvalue weighted by Gasteiger charge is 2.14. The van der Waals surface area contributed by atoms with E-state index in [4.69, 9.17) is 10.6 Å². The zero-order chi connectivity index (χ0) is 18.5. The molecule has 8 nitrogen and oxygen atoms in total. The number of rotatable bonds is 6. The van der Waals surface area contributed by atoms with Gasteiger partial charge in [-0.2, -0.15) is 0 Å². The third-order valence-electron chi connectivity index (χ3n) is 3.56. The van der Waals surface area contributed by atoms with Gasteiger partial charge in [-0.3, -0.25) is 9.78 Å². The molecule has 2 aromatic heterocycles. The van der Waals surface area contributed by atoms with Gasteiger partial charge < -0.3 is 15.9 Å². The number of anilines is 1. The Labute approximate surface area is 154 Å². The Morgan fingerprint density at radius 3 is 2.77 bits per heavy atom. The van der Waals surface area contributed by atoms with Crippen molar-refractivity contribution in [3.8, 4) is 17.1 Å². The topological polar surface area (TPSA) is 108 Å². The first kappa shape index (κ1) is 17.7. The quantitative estimate of drug-likeness (QED) is 0.505. The van der Waals surface area contributed by atoms with E-state index in [1.165, 1.54) is 16.4 Å². The molecule has 134 valence electrons. The van der Waals surface area contributed by atoms with Gasteiger partial charge in [0, 0.05) is 18.0 Å². The van der Waals surface area contributed by atoms with Gasteiger partial charge in [-0.05, 0) is 36.8 Å². The minimum atomic E-state index is -0.188. The Hall–Kier alpha value is -3.07. The van der Waals surface area contributed by atoms with E-state index >= 15 is 0 Å². The fourth-order valence-electron chi connectivity index (χ4n) is 2.31. The third kappa shape index (κ3) is 3.94. The van der Waals surface area contributed by atoms with Crippen molar-refractivity contribution in [2.75, 3.05) is 24.0 Å². The molecular formula is C17H18N6O2S. The number of nitrogen functional groups attached to an aromatic ring is 1. The summed E-state index contributed by atoms with van der Waals surface area (Å²) in [7, 11) is 1.56. The van der Waals surface area contributed by atoms with Crippen LogP contribution in [0.15, 0.2) is 47.9 Å². The number of methoxy groups -OCH3 is 1. The lowest BCUT2D eigenvalue weighted by Crippen LogP contribution is -2.17. The Bertz CT molecular complexity index is 913. The van der Waals surface area contributed by atoms with Gasteiger partial charge in [0.1, 0.15) is 5.75 Å². The van der Waals surface area contributed by atoms with Crippen LogP contribution in [0.3, 0.4) is 0 Å². The van der Waals surface area contributed by atoms with Crippen molar-refractivity contribution in [2.45, 2.75) is 12.1 Å². The number of aryl methyl sites for hydroxylation is 1. The lowest BCUT2D eigenvalue weighted by molar-refractivity contribution is -0.113. The molecule has 0 saturated carbocycles. The number of aromatic nitrogens is 4. The first-order chi connectivity index (χ1) is 12.6. The molecule has 26 heavy (non-hydrogen) atoms. The molecule has 0 bridgehead atoms. The van der Waals surface area contributed by atoms with Crippen molar-refractivity contribution in [2.24, 2.45) is 0 Å². The average Bonchev–Trinajstić information content (AvgIpc) is 3.01. The molecule has 0 aliphatic heterocycles. The predicted molar refractivity (Wildman–Crippen MR) is 100 cm³/mol. The molecule has 0 aliphatic carbocycles.